The van der Waals surface area contributed by atoms with Gasteiger partial charge in [0.2, 0.25) is 0 Å². The average Bonchev–Trinajstić information content (AvgIpc) is 2.86. The highest BCUT2D eigenvalue weighted by Gasteiger charge is 2.08. The van der Waals surface area contributed by atoms with E-state index in [9.17, 15) is 0 Å². The number of benzene rings is 1. The van der Waals surface area contributed by atoms with Crippen molar-refractivity contribution in [2.24, 2.45) is 0 Å². The minimum Gasteiger partial charge on any atom is -0.221 e. The Kier molecular flexibility index (Phi) is 3.96. The van der Waals surface area contributed by atoms with Crippen LogP contribution in [0.3, 0.4) is 0 Å². The molecule has 0 fully saturated rings. The van der Waals surface area contributed by atoms with E-state index >= 15 is 0 Å². The molecule has 2 aromatic heterocycles. The lowest BCUT2D eigenvalue weighted by Gasteiger charge is -2.06. The van der Waals surface area contributed by atoms with Crippen molar-refractivity contribution in [2.45, 2.75) is 24.5 Å². The number of aryl methyl sites for hydroxylation is 2. The number of fused-ring (bicyclic) bond motifs is 1. The highest BCUT2D eigenvalue weighted by Crippen LogP contribution is 2.29. The fourth-order valence-corrected chi connectivity index (χ4v) is 3.98. The van der Waals surface area contributed by atoms with Gasteiger partial charge in [0.25, 0.3) is 0 Å². The molecule has 20 heavy (non-hydrogen) atoms. The molecule has 0 aliphatic carbocycles. The van der Waals surface area contributed by atoms with E-state index in [0.717, 1.165) is 21.8 Å². The molecule has 2 heterocycles. The maximum Gasteiger partial charge on any atom is 0.142 e. The molecule has 0 unspecified atom stereocenters. The van der Waals surface area contributed by atoms with Crippen molar-refractivity contribution in [3.63, 3.8) is 0 Å². The summed E-state index contributed by atoms with van der Waals surface area (Å²) < 4.78 is 0. The molecule has 0 N–H and O–H groups in total. The van der Waals surface area contributed by atoms with E-state index in [1.165, 1.54) is 16.0 Å². The molecule has 0 spiro atoms. The fraction of sp³-hybridized carbons (Fsp3) is 0.200. The van der Waals surface area contributed by atoms with Gasteiger partial charge in [-0.15, -0.1) is 23.1 Å². The Balaban J connectivity index is 1.82. The third kappa shape index (κ3) is 2.82. The summed E-state index contributed by atoms with van der Waals surface area (Å²) in [4.78, 5) is 11.2. The van der Waals surface area contributed by atoms with Gasteiger partial charge in [0.05, 0.1) is 5.75 Å². The van der Waals surface area contributed by atoms with Crippen LogP contribution >= 0.6 is 34.7 Å². The molecular formula is C15H13ClN2S2. The van der Waals surface area contributed by atoms with Crippen molar-refractivity contribution < 1.29 is 0 Å². The SMILES string of the molecule is Cc1ccc(SCc2nc(Cl)c3ccsc3n2)c(C)c1. The number of nitrogens with zero attached hydrogens (tertiary/aromatic N) is 2. The van der Waals surface area contributed by atoms with Gasteiger partial charge in [-0.2, -0.15) is 0 Å². The van der Waals surface area contributed by atoms with E-state index in [1.54, 1.807) is 23.1 Å². The zero-order chi connectivity index (χ0) is 14.1. The van der Waals surface area contributed by atoms with Crippen LogP contribution in [-0.4, -0.2) is 9.97 Å². The predicted octanol–water partition coefficient (Wildman–Crippen LogP) is 5.25. The van der Waals surface area contributed by atoms with E-state index in [4.69, 9.17) is 11.6 Å². The van der Waals surface area contributed by atoms with E-state index in [-0.39, 0.29) is 0 Å². The van der Waals surface area contributed by atoms with Crippen molar-refractivity contribution in [2.75, 3.05) is 0 Å². The van der Waals surface area contributed by atoms with Crippen molar-refractivity contribution in [1.82, 2.24) is 9.97 Å². The number of hydrogen-bond acceptors (Lipinski definition) is 4. The lowest BCUT2D eigenvalue weighted by atomic mass is 10.2. The second kappa shape index (κ2) is 5.72. The number of thiophene rings is 1. The first-order valence-corrected chi connectivity index (χ1v) is 8.47. The Morgan fingerprint density at radius 3 is 2.85 bits per heavy atom. The highest BCUT2D eigenvalue weighted by molar-refractivity contribution is 7.98. The van der Waals surface area contributed by atoms with Crippen molar-refractivity contribution in [3.05, 3.63) is 51.7 Å². The Hall–Kier alpha value is -1.10. The van der Waals surface area contributed by atoms with Gasteiger partial charge in [-0.25, -0.2) is 9.97 Å². The van der Waals surface area contributed by atoms with Crippen LogP contribution in [-0.2, 0) is 5.75 Å². The van der Waals surface area contributed by atoms with E-state index in [1.807, 2.05) is 11.4 Å². The van der Waals surface area contributed by atoms with E-state index < -0.39 is 0 Å². The zero-order valence-electron chi connectivity index (χ0n) is 11.2. The largest absolute Gasteiger partial charge is 0.221 e. The van der Waals surface area contributed by atoms with Crippen LogP contribution in [0.1, 0.15) is 17.0 Å². The van der Waals surface area contributed by atoms with E-state index in [0.29, 0.717) is 5.15 Å². The summed E-state index contributed by atoms with van der Waals surface area (Å²) in [6, 6.07) is 8.44. The van der Waals surface area contributed by atoms with Gasteiger partial charge in [0, 0.05) is 10.3 Å². The quantitative estimate of drug-likeness (QED) is 0.486. The van der Waals surface area contributed by atoms with Gasteiger partial charge < -0.3 is 0 Å². The monoisotopic (exact) mass is 320 g/mol. The summed E-state index contributed by atoms with van der Waals surface area (Å²) in [6.07, 6.45) is 0. The van der Waals surface area contributed by atoms with Crippen LogP contribution in [0.25, 0.3) is 10.2 Å². The molecule has 102 valence electrons. The molecule has 1 aromatic carbocycles. The maximum atomic E-state index is 6.18. The minimum atomic E-state index is 0.549. The summed E-state index contributed by atoms with van der Waals surface area (Å²) in [5.41, 5.74) is 2.57. The first-order valence-electron chi connectivity index (χ1n) is 6.23. The number of hydrogen-bond donors (Lipinski definition) is 0. The third-order valence-electron chi connectivity index (χ3n) is 3.01. The first kappa shape index (κ1) is 13.9. The molecule has 0 bridgehead atoms. The minimum absolute atomic E-state index is 0.549. The second-order valence-corrected chi connectivity index (χ2v) is 6.90. The smallest absolute Gasteiger partial charge is 0.142 e. The van der Waals surface area contributed by atoms with Crippen LogP contribution < -0.4 is 0 Å². The van der Waals surface area contributed by atoms with Gasteiger partial charge in [-0.05, 0) is 36.9 Å². The standard InChI is InChI=1S/C15H13ClN2S2/c1-9-3-4-12(10(2)7-9)20-8-13-17-14(16)11-5-6-19-15(11)18-13/h3-7H,8H2,1-2H3. The summed E-state index contributed by atoms with van der Waals surface area (Å²) in [7, 11) is 0. The molecule has 0 amide bonds. The molecule has 0 aliphatic rings. The topological polar surface area (TPSA) is 25.8 Å². The molecule has 3 rings (SSSR count). The lowest BCUT2D eigenvalue weighted by molar-refractivity contribution is 1.07. The molecule has 0 radical (unpaired) electrons. The number of aromatic nitrogens is 2. The molecule has 3 aromatic rings. The van der Waals surface area contributed by atoms with Crippen LogP contribution in [0, 0.1) is 13.8 Å². The van der Waals surface area contributed by atoms with Crippen molar-refractivity contribution in [1.29, 1.82) is 0 Å². The van der Waals surface area contributed by atoms with Crippen LogP contribution in [0.2, 0.25) is 5.15 Å². The molecular weight excluding hydrogens is 308 g/mol. The summed E-state index contributed by atoms with van der Waals surface area (Å²) in [6.45, 7) is 4.24. The Morgan fingerprint density at radius 1 is 1.20 bits per heavy atom. The molecule has 5 heteroatoms. The van der Waals surface area contributed by atoms with Gasteiger partial charge in [0.15, 0.2) is 0 Å². The van der Waals surface area contributed by atoms with Gasteiger partial charge in [0.1, 0.15) is 15.8 Å². The molecule has 0 saturated carbocycles. The molecule has 0 aliphatic heterocycles. The van der Waals surface area contributed by atoms with Gasteiger partial charge in [-0.3, -0.25) is 0 Å². The number of thioether (sulfide) groups is 1. The summed E-state index contributed by atoms with van der Waals surface area (Å²) in [5.74, 6) is 1.52. The number of halogens is 1. The van der Waals surface area contributed by atoms with E-state index in [2.05, 4.69) is 42.0 Å². The Morgan fingerprint density at radius 2 is 2.05 bits per heavy atom. The Labute approximate surface area is 131 Å². The van der Waals surface area contributed by atoms with Crippen LogP contribution in [0.15, 0.2) is 34.5 Å². The van der Waals surface area contributed by atoms with Gasteiger partial charge >= 0.3 is 0 Å². The summed E-state index contributed by atoms with van der Waals surface area (Å²) >= 11 is 9.53. The zero-order valence-corrected chi connectivity index (χ0v) is 13.6. The lowest BCUT2D eigenvalue weighted by Crippen LogP contribution is -1.93. The van der Waals surface area contributed by atoms with Crippen LogP contribution in [0.5, 0.6) is 0 Å². The molecule has 0 atom stereocenters. The average molecular weight is 321 g/mol. The normalized spacial score (nSPS) is 11.2. The third-order valence-corrected chi connectivity index (χ3v) is 5.28. The fourth-order valence-electron chi connectivity index (χ4n) is 2.03. The first-order chi connectivity index (χ1) is 9.63. The van der Waals surface area contributed by atoms with Crippen molar-refractivity contribution >= 4 is 44.9 Å². The van der Waals surface area contributed by atoms with Crippen LogP contribution in [0.4, 0.5) is 0 Å². The summed E-state index contributed by atoms with van der Waals surface area (Å²) in [5, 5.41) is 3.48. The maximum absolute atomic E-state index is 6.18. The Bertz CT molecular complexity index is 768. The molecule has 0 saturated heterocycles. The highest BCUT2D eigenvalue weighted by atomic mass is 35.5. The number of rotatable bonds is 3. The van der Waals surface area contributed by atoms with Gasteiger partial charge in [-0.1, -0.05) is 29.3 Å². The predicted molar refractivity (Wildman–Crippen MR) is 87.9 cm³/mol. The van der Waals surface area contributed by atoms with Crippen molar-refractivity contribution in [3.8, 4) is 0 Å². The second-order valence-electron chi connectivity index (χ2n) is 4.63. The molecule has 2 nitrogen and oxygen atoms in total.